The van der Waals surface area contributed by atoms with Crippen LogP contribution in [0.15, 0.2) is 18.2 Å². The van der Waals surface area contributed by atoms with Crippen molar-refractivity contribution in [3.63, 3.8) is 0 Å². The number of β-amino-alcohol motifs (C(OH)–C–C–N with tert-alkyl or cyclic N) is 1. The highest BCUT2D eigenvalue weighted by atomic mass is 35.5. The van der Waals surface area contributed by atoms with Gasteiger partial charge in [-0.05, 0) is 49.7 Å². The molecule has 1 aromatic rings. The summed E-state index contributed by atoms with van der Waals surface area (Å²) in [5.74, 6) is 0. The van der Waals surface area contributed by atoms with Gasteiger partial charge in [-0.15, -0.1) is 0 Å². The van der Waals surface area contributed by atoms with Crippen LogP contribution >= 0.6 is 23.2 Å². The summed E-state index contributed by atoms with van der Waals surface area (Å²) < 4.78 is 0. The lowest BCUT2D eigenvalue weighted by Crippen LogP contribution is -2.43. The van der Waals surface area contributed by atoms with Gasteiger partial charge in [0, 0.05) is 29.7 Å². The Morgan fingerprint density at radius 1 is 1.27 bits per heavy atom. The largest absolute Gasteiger partial charge is 0.390 e. The summed E-state index contributed by atoms with van der Waals surface area (Å²) in [6, 6.07) is 4.77. The number of nitrogens with zero attached hydrogens (tertiary/aromatic N) is 1. The van der Waals surface area contributed by atoms with E-state index in [1.165, 1.54) is 12.8 Å². The second-order valence-corrected chi connectivity index (χ2v) is 6.30. The first-order valence-corrected chi connectivity index (χ1v) is 8.16. The Bertz CT molecular complexity index is 508. The minimum atomic E-state index is -0.557. The summed E-state index contributed by atoms with van der Waals surface area (Å²) in [5, 5.41) is 16.4. The number of halogens is 2. The van der Waals surface area contributed by atoms with Crippen LogP contribution < -0.4 is 10.6 Å². The predicted molar refractivity (Wildman–Crippen MR) is 88.4 cm³/mol. The zero-order valence-corrected chi connectivity index (χ0v) is 13.8. The Balaban J connectivity index is 1.68. The van der Waals surface area contributed by atoms with Crippen molar-refractivity contribution in [1.82, 2.24) is 15.5 Å². The van der Waals surface area contributed by atoms with E-state index < -0.39 is 6.10 Å². The summed E-state index contributed by atoms with van der Waals surface area (Å²) in [7, 11) is 0. The molecule has 7 heteroatoms. The van der Waals surface area contributed by atoms with Gasteiger partial charge >= 0.3 is 6.03 Å². The first kappa shape index (κ1) is 17.3. The molecule has 0 spiro atoms. The molecule has 0 bridgehead atoms. The molecule has 0 radical (unpaired) electrons. The van der Waals surface area contributed by atoms with Crippen molar-refractivity contribution >= 4 is 29.2 Å². The van der Waals surface area contributed by atoms with E-state index >= 15 is 0 Å². The van der Waals surface area contributed by atoms with Gasteiger partial charge in [-0.3, -0.25) is 0 Å². The SMILES string of the molecule is O=C(NCc1cc(Cl)ccc1Cl)NC[C@@H](O)CN1CCCC1. The van der Waals surface area contributed by atoms with Crippen LogP contribution in [0, 0.1) is 0 Å². The number of hydrogen-bond donors (Lipinski definition) is 3. The number of nitrogens with one attached hydrogen (secondary N) is 2. The summed E-state index contributed by atoms with van der Waals surface area (Å²) in [6.07, 6.45) is 1.81. The van der Waals surface area contributed by atoms with Crippen molar-refractivity contribution in [2.75, 3.05) is 26.2 Å². The van der Waals surface area contributed by atoms with Gasteiger partial charge in [-0.1, -0.05) is 23.2 Å². The van der Waals surface area contributed by atoms with Gasteiger partial charge in [-0.25, -0.2) is 4.79 Å². The fourth-order valence-corrected chi connectivity index (χ4v) is 2.83. The molecule has 5 nitrogen and oxygen atoms in total. The van der Waals surface area contributed by atoms with E-state index in [9.17, 15) is 9.90 Å². The van der Waals surface area contributed by atoms with Crippen LogP contribution in [0.5, 0.6) is 0 Å². The van der Waals surface area contributed by atoms with E-state index in [2.05, 4.69) is 15.5 Å². The maximum absolute atomic E-state index is 11.7. The Labute approximate surface area is 140 Å². The van der Waals surface area contributed by atoms with Crippen LogP contribution in [0.4, 0.5) is 4.79 Å². The van der Waals surface area contributed by atoms with Crippen molar-refractivity contribution in [3.05, 3.63) is 33.8 Å². The number of aliphatic hydroxyl groups excluding tert-OH is 1. The van der Waals surface area contributed by atoms with Crippen LogP contribution in [0.1, 0.15) is 18.4 Å². The molecule has 2 rings (SSSR count). The van der Waals surface area contributed by atoms with Crippen LogP contribution in [-0.4, -0.2) is 48.3 Å². The third kappa shape index (κ3) is 5.65. The standard InChI is InChI=1S/C15H21Cl2N3O2/c16-12-3-4-14(17)11(7-12)8-18-15(22)19-9-13(21)10-20-5-1-2-6-20/h3-4,7,13,21H,1-2,5-6,8-10H2,(H2,18,19,22)/t13-/m1/s1. The lowest BCUT2D eigenvalue weighted by atomic mass is 10.2. The lowest BCUT2D eigenvalue weighted by molar-refractivity contribution is 0.124. The van der Waals surface area contributed by atoms with Gasteiger partial charge in [0.2, 0.25) is 0 Å². The Hall–Kier alpha value is -1.01. The Morgan fingerprint density at radius 3 is 2.73 bits per heavy atom. The molecule has 3 N–H and O–H groups in total. The maximum atomic E-state index is 11.7. The van der Waals surface area contributed by atoms with Crippen LogP contribution in [0.3, 0.4) is 0 Å². The third-order valence-electron chi connectivity index (χ3n) is 3.61. The molecule has 0 saturated carbocycles. The minimum absolute atomic E-state index is 0.228. The topological polar surface area (TPSA) is 64.6 Å². The molecule has 122 valence electrons. The molecule has 1 saturated heterocycles. The summed E-state index contributed by atoms with van der Waals surface area (Å²) in [4.78, 5) is 13.9. The fraction of sp³-hybridized carbons (Fsp3) is 0.533. The molecule has 0 unspecified atom stereocenters. The number of likely N-dealkylation sites (tertiary alicyclic amines) is 1. The predicted octanol–water partition coefficient (Wildman–Crippen LogP) is 2.25. The number of amides is 2. The molecule has 2 amide bonds. The van der Waals surface area contributed by atoms with Crippen molar-refractivity contribution in [1.29, 1.82) is 0 Å². The van der Waals surface area contributed by atoms with Crippen molar-refractivity contribution in [2.24, 2.45) is 0 Å². The number of urea groups is 1. The molecule has 1 heterocycles. The van der Waals surface area contributed by atoms with Crippen LogP contribution in [0.2, 0.25) is 10.0 Å². The van der Waals surface area contributed by atoms with Gasteiger partial charge in [-0.2, -0.15) is 0 Å². The second kappa shape index (κ2) is 8.58. The molecular formula is C15H21Cl2N3O2. The van der Waals surface area contributed by atoms with E-state index in [0.717, 1.165) is 18.7 Å². The number of aliphatic hydroxyl groups is 1. The number of rotatable bonds is 6. The second-order valence-electron chi connectivity index (χ2n) is 5.46. The van der Waals surface area contributed by atoms with Gasteiger partial charge < -0.3 is 20.6 Å². The normalized spacial score (nSPS) is 16.5. The fourth-order valence-electron chi connectivity index (χ4n) is 2.46. The molecule has 0 aromatic heterocycles. The molecule has 1 atom stereocenters. The Kier molecular flexibility index (Phi) is 6.76. The Morgan fingerprint density at radius 2 is 2.00 bits per heavy atom. The average Bonchev–Trinajstić information content (AvgIpc) is 2.99. The quantitative estimate of drug-likeness (QED) is 0.740. The van der Waals surface area contributed by atoms with Gasteiger partial charge in [0.05, 0.1) is 6.10 Å². The highest BCUT2D eigenvalue weighted by molar-refractivity contribution is 6.33. The van der Waals surface area contributed by atoms with E-state index in [1.54, 1.807) is 18.2 Å². The summed E-state index contributed by atoms with van der Waals surface area (Å²) >= 11 is 11.9. The van der Waals surface area contributed by atoms with Gasteiger partial charge in [0.1, 0.15) is 0 Å². The number of benzene rings is 1. The zero-order chi connectivity index (χ0) is 15.9. The van der Waals surface area contributed by atoms with Crippen molar-refractivity contribution in [2.45, 2.75) is 25.5 Å². The van der Waals surface area contributed by atoms with E-state index in [4.69, 9.17) is 23.2 Å². The van der Waals surface area contributed by atoms with E-state index in [-0.39, 0.29) is 19.1 Å². The zero-order valence-electron chi connectivity index (χ0n) is 12.3. The van der Waals surface area contributed by atoms with Crippen LogP contribution in [0.25, 0.3) is 0 Å². The van der Waals surface area contributed by atoms with Gasteiger partial charge in [0.15, 0.2) is 0 Å². The minimum Gasteiger partial charge on any atom is -0.390 e. The molecule has 22 heavy (non-hydrogen) atoms. The first-order chi connectivity index (χ1) is 10.5. The molecule has 1 aliphatic rings. The first-order valence-electron chi connectivity index (χ1n) is 7.40. The summed E-state index contributed by atoms with van der Waals surface area (Å²) in [6.45, 7) is 3.16. The molecular weight excluding hydrogens is 325 g/mol. The molecule has 1 aromatic carbocycles. The lowest BCUT2D eigenvalue weighted by Gasteiger charge is -2.19. The highest BCUT2D eigenvalue weighted by Crippen LogP contribution is 2.20. The maximum Gasteiger partial charge on any atom is 0.315 e. The highest BCUT2D eigenvalue weighted by Gasteiger charge is 2.16. The smallest absolute Gasteiger partial charge is 0.315 e. The van der Waals surface area contributed by atoms with Crippen molar-refractivity contribution < 1.29 is 9.90 Å². The number of carbonyl (C=O) groups is 1. The third-order valence-corrected chi connectivity index (χ3v) is 4.22. The summed E-state index contributed by atoms with van der Waals surface area (Å²) in [5.41, 5.74) is 0.752. The van der Waals surface area contributed by atoms with Crippen LogP contribution in [-0.2, 0) is 6.54 Å². The number of hydrogen-bond acceptors (Lipinski definition) is 3. The van der Waals surface area contributed by atoms with E-state index in [0.29, 0.717) is 16.6 Å². The van der Waals surface area contributed by atoms with Gasteiger partial charge in [0.25, 0.3) is 0 Å². The molecule has 1 fully saturated rings. The van der Waals surface area contributed by atoms with Crippen molar-refractivity contribution in [3.8, 4) is 0 Å². The monoisotopic (exact) mass is 345 g/mol. The van der Waals surface area contributed by atoms with E-state index in [1.807, 2.05) is 0 Å². The number of carbonyl (C=O) groups excluding carboxylic acids is 1. The average molecular weight is 346 g/mol. The molecule has 1 aliphatic heterocycles. The molecule has 0 aliphatic carbocycles.